The summed E-state index contributed by atoms with van der Waals surface area (Å²) in [4.78, 5) is 35.8. The van der Waals surface area contributed by atoms with Crippen molar-refractivity contribution in [1.29, 1.82) is 0 Å². The number of rotatable bonds is 6. The Hall–Kier alpha value is -3.16. The molecule has 2 heterocycles. The van der Waals surface area contributed by atoms with Gasteiger partial charge in [0.05, 0.1) is 14.2 Å². The molecule has 2 aromatic rings. The van der Waals surface area contributed by atoms with Gasteiger partial charge in [0.2, 0.25) is 0 Å². The molecule has 160 valence electrons. The highest BCUT2D eigenvalue weighted by molar-refractivity contribution is 5.95. The van der Waals surface area contributed by atoms with Gasteiger partial charge in [-0.05, 0) is 50.8 Å². The first-order valence-corrected chi connectivity index (χ1v) is 10.0. The second kappa shape index (κ2) is 9.56. The molecule has 0 aliphatic carbocycles. The van der Waals surface area contributed by atoms with E-state index in [1.54, 1.807) is 45.4 Å². The molecule has 1 N–H and O–H groups in total. The lowest BCUT2D eigenvalue weighted by atomic mass is 9.97. The molecule has 1 aliphatic rings. The minimum atomic E-state index is -0.197. The van der Waals surface area contributed by atoms with Gasteiger partial charge in [0, 0.05) is 37.0 Å². The topological polar surface area (TPSA) is 93.7 Å². The molecule has 8 heteroatoms. The lowest BCUT2D eigenvalue weighted by Gasteiger charge is -2.32. The molecule has 0 unspecified atom stereocenters. The third-order valence-corrected chi connectivity index (χ3v) is 5.16. The van der Waals surface area contributed by atoms with Crippen molar-refractivity contribution in [3.05, 3.63) is 47.0 Å². The van der Waals surface area contributed by atoms with Gasteiger partial charge in [0.1, 0.15) is 23.0 Å². The fourth-order valence-corrected chi connectivity index (χ4v) is 3.68. The summed E-state index contributed by atoms with van der Waals surface area (Å²) in [6.45, 7) is 5.41. The Morgan fingerprint density at radius 1 is 1.10 bits per heavy atom. The molecule has 1 saturated heterocycles. The van der Waals surface area contributed by atoms with E-state index in [0.717, 1.165) is 18.5 Å². The van der Waals surface area contributed by atoms with Gasteiger partial charge in [0.25, 0.3) is 11.8 Å². The molecule has 1 aromatic heterocycles. The van der Waals surface area contributed by atoms with Gasteiger partial charge in [-0.25, -0.2) is 9.97 Å². The summed E-state index contributed by atoms with van der Waals surface area (Å²) in [5.74, 6) is 1.61. The van der Waals surface area contributed by atoms with Crippen molar-refractivity contribution in [2.24, 2.45) is 5.92 Å². The average Bonchev–Trinajstić information content (AvgIpc) is 2.76. The monoisotopic (exact) mass is 412 g/mol. The molecule has 3 rings (SSSR count). The van der Waals surface area contributed by atoms with Crippen LogP contribution in [-0.2, 0) is 0 Å². The number of ether oxygens (including phenoxy) is 2. The van der Waals surface area contributed by atoms with Crippen LogP contribution in [0.1, 0.15) is 45.2 Å². The van der Waals surface area contributed by atoms with Crippen LogP contribution in [0.15, 0.2) is 24.3 Å². The van der Waals surface area contributed by atoms with Gasteiger partial charge in [0.15, 0.2) is 0 Å². The molecule has 2 amide bonds. The Labute approximate surface area is 176 Å². The highest BCUT2D eigenvalue weighted by atomic mass is 16.5. The molecule has 1 aromatic carbocycles. The molecule has 1 fully saturated rings. The lowest BCUT2D eigenvalue weighted by Crippen LogP contribution is -2.44. The van der Waals surface area contributed by atoms with Crippen molar-refractivity contribution in [1.82, 2.24) is 20.2 Å². The number of carbonyl (C=O) groups excluding carboxylic acids is 2. The maximum atomic E-state index is 12.9. The van der Waals surface area contributed by atoms with E-state index in [4.69, 9.17) is 9.47 Å². The van der Waals surface area contributed by atoms with Crippen LogP contribution in [0.4, 0.5) is 0 Å². The standard InChI is InChI=1S/C22H28N4O4/c1-14-8-20(25-15(2)24-14)22(28)26-7-5-6-16(13-26)12-23-21(27)17-9-18(29-3)11-19(10-17)30-4/h8-11,16H,5-7,12-13H2,1-4H3,(H,23,27)/t16-/m0/s1. The molecule has 0 spiro atoms. The summed E-state index contributed by atoms with van der Waals surface area (Å²) < 4.78 is 10.5. The SMILES string of the molecule is COc1cc(OC)cc(C(=O)NC[C@@H]2CCCN(C(=O)c3cc(C)nc(C)n3)C2)c1. The molecular weight excluding hydrogens is 384 g/mol. The number of nitrogens with zero attached hydrogens (tertiary/aromatic N) is 3. The van der Waals surface area contributed by atoms with E-state index in [-0.39, 0.29) is 17.7 Å². The number of benzene rings is 1. The van der Waals surface area contributed by atoms with Gasteiger partial charge in [-0.1, -0.05) is 0 Å². The van der Waals surface area contributed by atoms with Gasteiger partial charge in [-0.3, -0.25) is 9.59 Å². The van der Waals surface area contributed by atoms with Crippen molar-refractivity contribution in [3.8, 4) is 11.5 Å². The molecule has 30 heavy (non-hydrogen) atoms. The number of amides is 2. The summed E-state index contributed by atoms with van der Waals surface area (Å²) in [5.41, 5.74) is 1.68. The van der Waals surface area contributed by atoms with Crippen LogP contribution in [0.5, 0.6) is 11.5 Å². The molecular formula is C22H28N4O4. The van der Waals surface area contributed by atoms with Crippen LogP contribution in [0, 0.1) is 19.8 Å². The van der Waals surface area contributed by atoms with Crippen molar-refractivity contribution < 1.29 is 19.1 Å². The lowest BCUT2D eigenvalue weighted by molar-refractivity contribution is 0.0664. The average molecular weight is 412 g/mol. The Morgan fingerprint density at radius 3 is 2.43 bits per heavy atom. The predicted molar refractivity (Wildman–Crippen MR) is 112 cm³/mol. The largest absolute Gasteiger partial charge is 0.497 e. The maximum Gasteiger partial charge on any atom is 0.272 e. The van der Waals surface area contributed by atoms with E-state index in [1.807, 2.05) is 11.8 Å². The molecule has 1 atom stereocenters. The van der Waals surface area contributed by atoms with E-state index < -0.39 is 0 Å². The highest BCUT2D eigenvalue weighted by Gasteiger charge is 2.26. The zero-order chi connectivity index (χ0) is 21.7. The van der Waals surface area contributed by atoms with E-state index in [2.05, 4.69) is 15.3 Å². The van der Waals surface area contributed by atoms with Crippen LogP contribution in [0.3, 0.4) is 0 Å². The van der Waals surface area contributed by atoms with Crippen LogP contribution >= 0.6 is 0 Å². The third-order valence-electron chi connectivity index (χ3n) is 5.16. The first kappa shape index (κ1) is 21.5. The first-order valence-electron chi connectivity index (χ1n) is 10.0. The number of aryl methyl sites for hydroxylation is 2. The number of piperidine rings is 1. The summed E-state index contributed by atoms with van der Waals surface area (Å²) in [5, 5.41) is 2.98. The van der Waals surface area contributed by atoms with E-state index in [9.17, 15) is 9.59 Å². The van der Waals surface area contributed by atoms with Crippen molar-refractivity contribution in [3.63, 3.8) is 0 Å². The predicted octanol–water partition coefficient (Wildman–Crippen LogP) is 2.39. The molecule has 1 aliphatic heterocycles. The molecule has 0 saturated carbocycles. The number of nitrogens with one attached hydrogen (secondary N) is 1. The summed E-state index contributed by atoms with van der Waals surface area (Å²) >= 11 is 0. The van der Waals surface area contributed by atoms with Gasteiger partial charge < -0.3 is 19.7 Å². The van der Waals surface area contributed by atoms with Crippen molar-refractivity contribution >= 4 is 11.8 Å². The third kappa shape index (κ3) is 5.25. The zero-order valence-electron chi connectivity index (χ0n) is 17.9. The number of methoxy groups -OCH3 is 2. The second-order valence-electron chi connectivity index (χ2n) is 7.51. The van der Waals surface area contributed by atoms with Crippen LogP contribution < -0.4 is 14.8 Å². The smallest absolute Gasteiger partial charge is 0.272 e. The van der Waals surface area contributed by atoms with Crippen LogP contribution in [-0.4, -0.2) is 60.5 Å². The minimum absolute atomic E-state index is 0.0860. The summed E-state index contributed by atoms with van der Waals surface area (Å²) in [6.07, 6.45) is 1.84. The van der Waals surface area contributed by atoms with Crippen molar-refractivity contribution in [2.45, 2.75) is 26.7 Å². The highest BCUT2D eigenvalue weighted by Crippen LogP contribution is 2.23. The fraction of sp³-hybridized carbons (Fsp3) is 0.455. The second-order valence-corrected chi connectivity index (χ2v) is 7.51. The Morgan fingerprint density at radius 2 is 1.80 bits per heavy atom. The Bertz CT molecular complexity index is 889. The molecule has 0 radical (unpaired) electrons. The van der Waals surface area contributed by atoms with E-state index >= 15 is 0 Å². The number of hydrogen-bond acceptors (Lipinski definition) is 6. The molecule has 0 bridgehead atoms. The Kier molecular flexibility index (Phi) is 6.87. The Balaban J connectivity index is 1.61. The van der Waals surface area contributed by atoms with Crippen LogP contribution in [0.2, 0.25) is 0 Å². The summed E-state index contributed by atoms with van der Waals surface area (Å²) in [7, 11) is 3.09. The van der Waals surface area contributed by atoms with Gasteiger partial charge in [-0.2, -0.15) is 0 Å². The fourth-order valence-electron chi connectivity index (χ4n) is 3.68. The van der Waals surface area contributed by atoms with Gasteiger partial charge in [-0.15, -0.1) is 0 Å². The minimum Gasteiger partial charge on any atom is -0.497 e. The number of hydrogen-bond donors (Lipinski definition) is 1. The van der Waals surface area contributed by atoms with Crippen LogP contribution in [0.25, 0.3) is 0 Å². The van der Waals surface area contributed by atoms with E-state index in [0.29, 0.717) is 48.2 Å². The molecule has 8 nitrogen and oxygen atoms in total. The first-order chi connectivity index (χ1) is 14.4. The van der Waals surface area contributed by atoms with Gasteiger partial charge >= 0.3 is 0 Å². The van der Waals surface area contributed by atoms with Crippen molar-refractivity contribution in [2.75, 3.05) is 33.9 Å². The summed E-state index contributed by atoms with van der Waals surface area (Å²) in [6, 6.07) is 6.79. The quantitative estimate of drug-likeness (QED) is 0.783. The number of carbonyl (C=O) groups is 2. The number of likely N-dealkylation sites (tertiary alicyclic amines) is 1. The number of aromatic nitrogens is 2. The normalized spacial score (nSPS) is 16.1. The van der Waals surface area contributed by atoms with E-state index in [1.165, 1.54) is 0 Å². The zero-order valence-corrected chi connectivity index (χ0v) is 17.9. The maximum absolute atomic E-state index is 12.9.